The van der Waals surface area contributed by atoms with Crippen molar-refractivity contribution in [1.29, 1.82) is 0 Å². The molecule has 2 aromatic heterocycles. The first kappa shape index (κ1) is 19.2. The van der Waals surface area contributed by atoms with E-state index in [9.17, 15) is 9.59 Å². The van der Waals surface area contributed by atoms with Crippen molar-refractivity contribution in [3.63, 3.8) is 0 Å². The predicted octanol–water partition coefficient (Wildman–Crippen LogP) is 4.29. The Morgan fingerprint density at radius 3 is 1.86 bits per heavy atom. The number of esters is 1. The minimum atomic E-state index is -0.370. The average Bonchev–Trinajstić information content (AvgIpc) is 3.37. The van der Waals surface area contributed by atoms with Gasteiger partial charge in [0.05, 0.1) is 19.8 Å². The summed E-state index contributed by atoms with van der Waals surface area (Å²) in [5.74, 6) is -0.590. The van der Waals surface area contributed by atoms with Crippen molar-refractivity contribution in [2.75, 3.05) is 21.3 Å². The maximum Gasteiger partial charge on any atom is 0.341 e. The maximum absolute atomic E-state index is 11.8. The Kier molecular flexibility index (Phi) is 5.76. The van der Waals surface area contributed by atoms with Crippen molar-refractivity contribution in [2.24, 2.45) is 0 Å². The van der Waals surface area contributed by atoms with Crippen LogP contribution in [0, 0.1) is 0 Å². The Morgan fingerprint density at radius 1 is 0.821 bits per heavy atom. The number of amides is 1. The van der Waals surface area contributed by atoms with Crippen LogP contribution < -0.4 is 0 Å². The van der Waals surface area contributed by atoms with Crippen molar-refractivity contribution in [2.45, 2.75) is 0 Å². The van der Waals surface area contributed by atoms with Gasteiger partial charge in [-0.3, -0.25) is 9.63 Å². The molecule has 144 valence electrons. The molecule has 0 saturated carbocycles. The first-order valence-electron chi connectivity index (χ1n) is 8.39. The molecule has 0 saturated heterocycles. The molecule has 4 rings (SSSR count). The number of carbonyl (C=O) groups excluding carboxylic acids is 2. The predicted molar refractivity (Wildman–Crippen MR) is 103 cm³/mol. The molecular formula is C21H19NO6. The summed E-state index contributed by atoms with van der Waals surface area (Å²) in [6, 6.07) is 14.7. The lowest BCUT2D eigenvalue weighted by atomic mass is 10.2. The molecule has 1 amide bonds. The molecule has 0 unspecified atom stereocenters. The van der Waals surface area contributed by atoms with Crippen LogP contribution >= 0.6 is 0 Å². The highest BCUT2D eigenvalue weighted by molar-refractivity contribution is 6.05. The first-order valence-corrected chi connectivity index (χ1v) is 8.39. The molecule has 28 heavy (non-hydrogen) atoms. The van der Waals surface area contributed by atoms with E-state index in [0.717, 1.165) is 15.8 Å². The Hall–Kier alpha value is -3.58. The van der Waals surface area contributed by atoms with Crippen LogP contribution in [0.3, 0.4) is 0 Å². The summed E-state index contributed by atoms with van der Waals surface area (Å²) in [5, 5.41) is 2.75. The summed E-state index contributed by atoms with van der Waals surface area (Å²) >= 11 is 0. The third kappa shape index (κ3) is 3.74. The monoisotopic (exact) mass is 381 g/mol. The Balaban J connectivity index is 0.000000162. The zero-order chi connectivity index (χ0) is 20.1. The molecule has 2 heterocycles. The smallest absolute Gasteiger partial charge is 0.341 e. The van der Waals surface area contributed by atoms with Gasteiger partial charge in [0.2, 0.25) is 0 Å². The SMILES string of the molecule is COC(=O)c1coc2ccccc12.CON(C)C(=O)c1coc2ccccc12. The minimum absolute atomic E-state index is 0.220. The molecule has 2 aromatic carbocycles. The van der Waals surface area contributed by atoms with E-state index < -0.39 is 0 Å². The normalized spacial score (nSPS) is 10.4. The molecular weight excluding hydrogens is 362 g/mol. The van der Waals surface area contributed by atoms with Crippen molar-refractivity contribution in [3.05, 3.63) is 72.2 Å². The summed E-state index contributed by atoms with van der Waals surface area (Å²) in [5.41, 5.74) is 2.38. The fourth-order valence-corrected chi connectivity index (χ4v) is 2.64. The summed E-state index contributed by atoms with van der Waals surface area (Å²) in [4.78, 5) is 27.8. The first-order chi connectivity index (χ1) is 13.6. The van der Waals surface area contributed by atoms with E-state index in [1.165, 1.54) is 26.7 Å². The van der Waals surface area contributed by atoms with Crippen LogP contribution in [0.2, 0.25) is 0 Å². The zero-order valence-corrected chi connectivity index (χ0v) is 15.7. The van der Waals surface area contributed by atoms with Gasteiger partial charge in [-0.2, -0.15) is 0 Å². The van der Waals surface area contributed by atoms with Crippen LogP contribution in [0.4, 0.5) is 0 Å². The molecule has 0 spiro atoms. The van der Waals surface area contributed by atoms with Gasteiger partial charge in [0.1, 0.15) is 29.3 Å². The maximum atomic E-state index is 11.8. The third-order valence-electron chi connectivity index (χ3n) is 4.16. The number of rotatable bonds is 3. The summed E-state index contributed by atoms with van der Waals surface area (Å²) < 4.78 is 15.0. The van der Waals surface area contributed by atoms with Gasteiger partial charge >= 0.3 is 5.97 Å². The third-order valence-corrected chi connectivity index (χ3v) is 4.16. The second-order valence-corrected chi connectivity index (χ2v) is 5.77. The van der Waals surface area contributed by atoms with Crippen LogP contribution in [0.25, 0.3) is 21.9 Å². The van der Waals surface area contributed by atoms with Crippen LogP contribution in [0.5, 0.6) is 0 Å². The number of para-hydroxylation sites is 2. The van der Waals surface area contributed by atoms with Gasteiger partial charge in [0.25, 0.3) is 5.91 Å². The van der Waals surface area contributed by atoms with E-state index >= 15 is 0 Å². The van der Waals surface area contributed by atoms with Gasteiger partial charge < -0.3 is 13.6 Å². The molecule has 0 fully saturated rings. The van der Waals surface area contributed by atoms with Gasteiger partial charge in [-0.05, 0) is 12.1 Å². The number of hydroxylamine groups is 2. The Bertz CT molecular complexity index is 1110. The number of hydrogen-bond acceptors (Lipinski definition) is 6. The molecule has 7 nitrogen and oxygen atoms in total. The van der Waals surface area contributed by atoms with Gasteiger partial charge in [-0.15, -0.1) is 0 Å². The highest BCUT2D eigenvalue weighted by atomic mass is 16.7. The van der Waals surface area contributed by atoms with Gasteiger partial charge in [0.15, 0.2) is 0 Å². The standard InChI is InChI=1S/C11H11NO3.C10H8O3/c1-12(14-2)11(13)9-7-15-10-6-4-3-5-8(9)10;1-12-10(11)8-6-13-9-5-3-2-4-7(8)9/h3-7H,1-2H3;2-6H,1H3. The van der Waals surface area contributed by atoms with Gasteiger partial charge in [0, 0.05) is 17.8 Å². The Morgan fingerprint density at radius 2 is 1.32 bits per heavy atom. The van der Waals surface area contributed by atoms with Crippen LogP contribution in [0.1, 0.15) is 20.7 Å². The molecule has 0 aliphatic heterocycles. The average molecular weight is 381 g/mol. The summed E-state index contributed by atoms with van der Waals surface area (Å²) in [6.07, 6.45) is 2.86. The highest BCUT2D eigenvalue weighted by Gasteiger charge is 2.17. The topological polar surface area (TPSA) is 82.1 Å². The van der Waals surface area contributed by atoms with Crippen molar-refractivity contribution >= 4 is 33.8 Å². The second-order valence-electron chi connectivity index (χ2n) is 5.77. The molecule has 0 aliphatic carbocycles. The zero-order valence-electron chi connectivity index (χ0n) is 15.7. The Labute approximate surface area is 161 Å². The van der Waals surface area contributed by atoms with Crippen molar-refractivity contribution in [3.8, 4) is 0 Å². The van der Waals surface area contributed by atoms with E-state index in [-0.39, 0.29) is 11.9 Å². The van der Waals surface area contributed by atoms with Crippen LogP contribution in [0.15, 0.2) is 69.9 Å². The van der Waals surface area contributed by atoms with Crippen molar-refractivity contribution in [1.82, 2.24) is 5.06 Å². The molecule has 4 aromatic rings. The van der Waals surface area contributed by atoms with Crippen molar-refractivity contribution < 1.29 is 28.0 Å². The van der Waals surface area contributed by atoms with Gasteiger partial charge in [-0.1, -0.05) is 36.4 Å². The number of hydrogen-bond donors (Lipinski definition) is 0. The minimum Gasteiger partial charge on any atom is -0.465 e. The molecule has 0 bridgehead atoms. The van der Waals surface area contributed by atoms with E-state index in [2.05, 4.69) is 4.74 Å². The van der Waals surface area contributed by atoms with Crippen LogP contribution in [-0.4, -0.2) is 38.2 Å². The molecule has 0 atom stereocenters. The lowest BCUT2D eigenvalue weighted by Crippen LogP contribution is -2.25. The number of nitrogens with zero attached hydrogens (tertiary/aromatic N) is 1. The molecule has 0 N–H and O–H groups in total. The van der Waals surface area contributed by atoms with E-state index in [1.54, 1.807) is 7.05 Å². The quantitative estimate of drug-likeness (QED) is 0.389. The van der Waals surface area contributed by atoms with Gasteiger partial charge in [-0.25, -0.2) is 9.86 Å². The molecule has 0 radical (unpaired) electrons. The van der Waals surface area contributed by atoms with E-state index in [1.807, 2.05) is 48.5 Å². The number of furan rings is 2. The summed E-state index contributed by atoms with van der Waals surface area (Å²) in [7, 11) is 4.36. The highest BCUT2D eigenvalue weighted by Crippen LogP contribution is 2.22. The second kappa shape index (κ2) is 8.41. The number of carbonyl (C=O) groups is 2. The fourth-order valence-electron chi connectivity index (χ4n) is 2.64. The number of benzene rings is 2. The lowest BCUT2D eigenvalue weighted by Gasteiger charge is -2.11. The van der Waals surface area contributed by atoms with Crippen LogP contribution in [-0.2, 0) is 9.57 Å². The number of fused-ring (bicyclic) bond motifs is 2. The van der Waals surface area contributed by atoms with E-state index in [4.69, 9.17) is 13.7 Å². The number of methoxy groups -OCH3 is 1. The molecule has 0 aliphatic rings. The molecule has 7 heteroatoms. The largest absolute Gasteiger partial charge is 0.465 e. The summed E-state index contributed by atoms with van der Waals surface area (Å²) in [6.45, 7) is 0. The van der Waals surface area contributed by atoms with E-state index in [0.29, 0.717) is 22.3 Å². The lowest BCUT2D eigenvalue weighted by molar-refractivity contribution is -0.0756. The number of ether oxygens (including phenoxy) is 1. The fraction of sp³-hybridized carbons (Fsp3) is 0.143.